The van der Waals surface area contributed by atoms with Crippen molar-refractivity contribution in [3.8, 4) is 0 Å². The summed E-state index contributed by atoms with van der Waals surface area (Å²) in [5.74, 6) is 0.653. The van der Waals surface area contributed by atoms with Crippen molar-refractivity contribution in [3.05, 3.63) is 34.9 Å². The second kappa shape index (κ2) is 5.87. The maximum Gasteiger partial charge on any atom is 0.251 e. The summed E-state index contributed by atoms with van der Waals surface area (Å²) in [5.41, 5.74) is 3.24. The summed E-state index contributed by atoms with van der Waals surface area (Å²) in [4.78, 5) is 12.2. The number of hydrogen-bond donors (Lipinski definition) is 1. The van der Waals surface area contributed by atoms with E-state index in [0.717, 1.165) is 18.5 Å². The fraction of sp³-hybridized carbons (Fsp3) is 0.533. The topological polar surface area (TPSA) is 29.1 Å². The molecule has 1 N–H and O–H groups in total. The lowest BCUT2D eigenvalue weighted by Crippen LogP contribution is -2.31. The Morgan fingerprint density at radius 2 is 2.22 bits per heavy atom. The number of halogens is 1. The fourth-order valence-corrected chi connectivity index (χ4v) is 3.08. The zero-order valence-corrected chi connectivity index (χ0v) is 12.6. The predicted molar refractivity (Wildman–Crippen MR) is 78.2 cm³/mol. The van der Waals surface area contributed by atoms with Gasteiger partial charge in [0.2, 0.25) is 0 Å². The van der Waals surface area contributed by atoms with Crippen molar-refractivity contribution < 1.29 is 4.79 Å². The van der Waals surface area contributed by atoms with Gasteiger partial charge in [-0.2, -0.15) is 0 Å². The van der Waals surface area contributed by atoms with Gasteiger partial charge in [0, 0.05) is 16.9 Å². The molecule has 98 valence electrons. The molecule has 0 aromatic heterocycles. The molecule has 0 saturated carbocycles. The molecule has 1 aliphatic heterocycles. The maximum absolute atomic E-state index is 11.8. The van der Waals surface area contributed by atoms with Crippen LogP contribution in [0.25, 0.3) is 0 Å². The van der Waals surface area contributed by atoms with Gasteiger partial charge in [0.25, 0.3) is 5.91 Å². The third-order valence-electron chi connectivity index (χ3n) is 3.62. The first-order chi connectivity index (χ1) is 8.63. The summed E-state index contributed by atoms with van der Waals surface area (Å²) in [5, 5.41) is 2.90. The number of rotatable bonds is 4. The predicted octanol–water partition coefficient (Wildman–Crippen LogP) is 3.84. The summed E-state index contributed by atoms with van der Waals surface area (Å²) >= 11 is 3.77. The van der Waals surface area contributed by atoms with E-state index in [1.165, 1.54) is 24.0 Å². The third kappa shape index (κ3) is 2.77. The molecular formula is C15H20BrNO. The zero-order valence-electron chi connectivity index (χ0n) is 11.0. The molecule has 1 amide bonds. The molecule has 2 nitrogen and oxygen atoms in total. The van der Waals surface area contributed by atoms with Gasteiger partial charge in [0.1, 0.15) is 0 Å². The van der Waals surface area contributed by atoms with Gasteiger partial charge in [-0.1, -0.05) is 48.3 Å². The van der Waals surface area contributed by atoms with Crippen LogP contribution in [0, 0.1) is 5.92 Å². The molecule has 0 fully saturated rings. The first-order valence-electron chi connectivity index (χ1n) is 6.68. The standard InChI is InChI=1S/C15H20BrNO/c1-3-4-10(2)14(16)12-6-5-11-7-8-17-15(18)13(11)9-12/h5-6,9-10,14H,3-4,7-8H2,1-2H3,(H,17,18). The quantitative estimate of drug-likeness (QED) is 0.841. The number of amides is 1. The van der Waals surface area contributed by atoms with Crippen LogP contribution in [-0.4, -0.2) is 12.5 Å². The van der Waals surface area contributed by atoms with Crippen LogP contribution >= 0.6 is 15.9 Å². The second-order valence-corrected chi connectivity index (χ2v) is 6.08. The molecular weight excluding hydrogens is 290 g/mol. The monoisotopic (exact) mass is 309 g/mol. The minimum Gasteiger partial charge on any atom is -0.352 e. The van der Waals surface area contributed by atoms with Crippen LogP contribution in [0.5, 0.6) is 0 Å². The smallest absolute Gasteiger partial charge is 0.251 e. The minimum atomic E-state index is 0.0703. The van der Waals surface area contributed by atoms with Gasteiger partial charge in [0.05, 0.1) is 0 Å². The van der Waals surface area contributed by atoms with Gasteiger partial charge >= 0.3 is 0 Å². The highest BCUT2D eigenvalue weighted by Gasteiger charge is 2.20. The lowest BCUT2D eigenvalue weighted by atomic mass is 9.92. The van der Waals surface area contributed by atoms with Crippen molar-refractivity contribution >= 4 is 21.8 Å². The van der Waals surface area contributed by atoms with E-state index < -0.39 is 0 Å². The number of hydrogen-bond acceptors (Lipinski definition) is 1. The molecule has 18 heavy (non-hydrogen) atoms. The van der Waals surface area contributed by atoms with E-state index in [1.807, 2.05) is 0 Å². The molecule has 2 atom stereocenters. The Bertz CT molecular complexity index is 444. The number of carbonyl (C=O) groups excluding carboxylic acids is 1. The highest BCUT2D eigenvalue weighted by molar-refractivity contribution is 9.09. The van der Waals surface area contributed by atoms with Gasteiger partial charge < -0.3 is 5.32 Å². The van der Waals surface area contributed by atoms with E-state index >= 15 is 0 Å². The Balaban J connectivity index is 2.25. The maximum atomic E-state index is 11.8. The lowest BCUT2D eigenvalue weighted by molar-refractivity contribution is 0.0946. The first kappa shape index (κ1) is 13.6. The molecule has 1 aromatic rings. The van der Waals surface area contributed by atoms with Crippen LogP contribution in [-0.2, 0) is 6.42 Å². The molecule has 2 rings (SSSR count). The van der Waals surface area contributed by atoms with E-state index in [1.54, 1.807) is 0 Å². The largest absolute Gasteiger partial charge is 0.352 e. The van der Waals surface area contributed by atoms with Crippen molar-refractivity contribution in [1.82, 2.24) is 5.32 Å². The molecule has 1 aliphatic rings. The third-order valence-corrected chi connectivity index (χ3v) is 5.05. The highest BCUT2D eigenvalue weighted by Crippen LogP contribution is 2.34. The van der Waals surface area contributed by atoms with Crippen LogP contribution < -0.4 is 5.32 Å². The lowest BCUT2D eigenvalue weighted by Gasteiger charge is -2.21. The van der Waals surface area contributed by atoms with Crippen molar-refractivity contribution in [1.29, 1.82) is 0 Å². The van der Waals surface area contributed by atoms with Crippen molar-refractivity contribution in [2.75, 3.05) is 6.54 Å². The molecule has 2 unspecified atom stereocenters. The normalized spacial score (nSPS) is 17.8. The van der Waals surface area contributed by atoms with Crippen molar-refractivity contribution in [2.45, 2.75) is 37.9 Å². The van der Waals surface area contributed by atoms with Crippen LogP contribution in [0.1, 0.15) is 53.0 Å². The van der Waals surface area contributed by atoms with Crippen LogP contribution in [0.2, 0.25) is 0 Å². The van der Waals surface area contributed by atoms with Crippen LogP contribution in [0.4, 0.5) is 0 Å². The number of fused-ring (bicyclic) bond motifs is 1. The van der Waals surface area contributed by atoms with Gasteiger partial charge in [-0.05, 0) is 36.0 Å². The number of benzene rings is 1. The first-order valence-corrected chi connectivity index (χ1v) is 7.60. The summed E-state index contributed by atoms with van der Waals surface area (Å²) < 4.78 is 0. The molecule has 1 aromatic carbocycles. The Kier molecular flexibility index (Phi) is 4.44. The van der Waals surface area contributed by atoms with Crippen LogP contribution in [0.15, 0.2) is 18.2 Å². The van der Waals surface area contributed by atoms with Crippen LogP contribution in [0.3, 0.4) is 0 Å². The van der Waals surface area contributed by atoms with Gasteiger partial charge in [-0.25, -0.2) is 0 Å². The number of carbonyl (C=O) groups is 1. The molecule has 3 heteroatoms. The van der Waals surface area contributed by atoms with E-state index in [4.69, 9.17) is 0 Å². The summed E-state index contributed by atoms with van der Waals surface area (Å²) in [6, 6.07) is 6.31. The fourth-order valence-electron chi connectivity index (χ4n) is 2.53. The summed E-state index contributed by atoms with van der Waals surface area (Å²) in [7, 11) is 0. The zero-order chi connectivity index (χ0) is 13.1. The van der Waals surface area contributed by atoms with E-state index in [2.05, 4.69) is 53.3 Å². The average Bonchev–Trinajstić information content (AvgIpc) is 2.38. The summed E-state index contributed by atoms with van der Waals surface area (Å²) in [6.07, 6.45) is 3.33. The Morgan fingerprint density at radius 1 is 1.44 bits per heavy atom. The molecule has 0 saturated heterocycles. The van der Waals surface area contributed by atoms with E-state index in [9.17, 15) is 4.79 Å². The van der Waals surface area contributed by atoms with Crippen molar-refractivity contribution in [2.24, 2.45) is 5.92 Å². The second-order valence-electron chi connectivity index (χ2n) is 5.09. The average molecular weight is 310 g/mol. The van der Waals surface area contributed by atoms with E-state index in [-0.39, 0.29) is 5.91 Å². The Labute approximate surface area is 117 Å². The van der Waals surface area contributed by atoms with Gasteiger partial charge in [0.15, 0.2) is 0 Å². The molecule has 0 bridgehead atoms. The summed E-state index contributed by atoms with van der Waals surface area (Å²) in [6.45, 7) is 5.22. The Hall–Kier alpha value is -0.830. The van der Waals surface area contributed by atoms with E-state index in [0.29, 0.717) is 10.7 Å². The minimum absolute atomic E-state index is 0.0703. The Morgan fingerprint density at radius 3 is 2.94 bits per heavy atom. The highest BCUT2D eigenvalue weighted by atomic mass is 79.9. The molecule has 0 radical (unpaired) electrons. The van der Waals surface area contributed by atoms with Gasteiger partial charge in [-0.15, -0.1) is 0 Å². The number of alkyl halides is 1. The molecule has 1 heterocycles. The molecule has 0 aliphatic carbocycles. The molecule has 0 spiro atoms. The van der Waals surface area contributed by atoms with Gasteiger partial charge in [-0.3, -0.25) is 4.79 Å². The number of nitrogens with one attached hydrogen (secondary N) is 1. The SMILES string of the molecule is CCCC(C)C(Br)c1ccc2c(c1)C(=O)NCC2. The van der Waals surface area contributed by atoms with Crippen molar-refractivity contribution in [3.63, 3.8) is 0 Å².